The normalized spacial score (nSPS) is 11.6. The van der Waals surface area contributed by atoms with Crippen LogP contribution in [0.3, 0.4) is 0 Å². The van der Waals surface area contributed by atoms with Crippen molar-refractivity contribution >= 4 is 29.0 Å². The first-order valence-corrected chi connectivity index (χ1v) is 6.03. The Hall–Kier alpha value is -0.530. The highest BCUT2D eigenvalue weighted by molar-refractivity contribution is 6.36. The average Bonchev–Trinajstić information content (AvgIpc) is 2.13. The predicted molar refractivity (Wildman–Crippen MR) is 69.5 cm³/mol. The molecule has 0 aliphatic rings. The molecule has 0 fully saturated rings. The number of Topliss-reactive ketones (excluding diaryl/α,β-unsaturated/α-hetero) is 1. The molecule has 1 aromatic rings. The van der Waals surface area contributed by atoms with Crippen LogP contribution in [0.5, 0.6) is 0 Å². The maximum atomic E-state index is 11.9. The van der Waals surface area contributed by atoms with Crippen LogP contribution in [0.2, 0.25) is 10.0 Å². The van der Waals surface area contributed by atoms with Gasteiger partial charge < -0.3 is 0 Å². The van der Waals surface area contributed by atoms with Crippen molar-refractivity contribution in [3.8, 4) is 0 Å². The molecule has 0 saturated heterocycles. The van der Waals surface area contributed by atoms with E-state index < -0.39 is 0 Å². The smallest absolute Gasteiger partial charge is 0.164 e. The van der Waals surface area contributed by atoms with Gasteiger partial charge in [0.25, 0.3) is 0 Å². The lowest BCUT2D eigenvalue weighted by Crippen LogP contribution is -2.09. The Bertz CT molecular complexity index is 391. The van der Waals surface area contributed by atoms with Crippen molar-refractivity contribution in [2.45, 2.75) is 33.6 Å². The number of carbonyl (C=O) groups is 1. The van der Waals surface area contributed by atoms with Crippen LogP contribution >= 0.6 is 23.2 Å². The fourth-order valence-electron chi connectivity index (χ4n) is 1.34. The number of ketones is 1. The molecular formula is C13H16Cl2O. The van der Waals surface area contributed by atoms with Crippen molar-refractivity contribution in [3.63, 3.8) is 0 Å². The topological polar surface area (TPSA) is 17.1 Å². The minimum Gasteiger partial charge on any atom is -0.294 e. The van der Waals surface area contributed by atoms with E-state index in [1.165, 1.54) is 0 Å². The SMILES string of the molecule is CC(C)(C)CCC(=O)c1ccc(Cl)cc1Cl. The van der Waals surface area contributed by atoms with Crippen LogP contribution in [-0.4, -0.2) is 5.78 Å². The molecule has 0 atom stereocenters. The van der Waals surface area contributed by atoms with Crippen molar-refractivity contribution in [1.29, 1.82) is 0 Å². The second-order valence-corrected chi connectivity index (χ2v) is 5.95. The van der Waals surface area contributed by atoms with E-state index in [9.17, 15) is 4.79 Å². The van der Waals surface area contributed by atoms with Gasteiger partial charge in [-0.25, -0.2) is 0 Å². The molecule has 0 unspecified atom stereocenters. The van der Waals surface area contributed by atoms with Crippen molar-refractivity contribution in [1.82, 2.24) is 0 Å². The van der Waals surface area contributed by atoms with E-state index in [-0.39, 0.29) is 11.2 Å². The second kappa shape index (κ2) is 5.20. The molecule has 88 valence electrons. The van der Waals surface area contributed by atoms with Gasteiger partial charge in [0.2, 0.25) is 0 Å². The summed E-state index contributed by atoms with van der Waals surface area (Å²) in [7, 11) is 0. The lowest BCUT2D eigenvalue weighted by atomic mass is 9.88. The zero-order valence-corrected chi connectivity index (χ0v) is 11.3. The Balaban J connectivity index is 2.74. The summed E-state index contributed by atoms with van der Waals surface area (Å²) >= 11 is 11.7. The average molecular weight is 259 g/mol. The molecule has 0 aromatic heterocycles. The Morgan fingerprint density at radius 3 is 2.38 bits per heavy atom. The van der Waals surface area contributed by atoms with Gasteiger partial charge in [-0.1, -0.05) is 44.0 Å². The quantitative estimate of drug-likeness (QED) is 0.698. The van der Waals surface area contributed by atoms with Crippen molar-refractivity contribution in [3.05, 3.63) is 33.8 Å². The summed E-state index contributed by atoms with van der Waals surface area (Å²) in [6.07, 6.45) is 1.37. The Labute approximate surface area is 107 Å². The monoisotopic (exact) mass is 258 g/mol. The first-order chi connectivity index (χ1) is 7.29. The number of hydrogen-bond donors (Lipinski definition) is 0. The van der Waals surface area contributed by atoms with Crippen LogP contribution in [0.15, 0.2) is 18.2 Å². The standard InChI is InChI=1S/C13H16Cl2O/c1-13(2,3)7-6-12(16)10-5-4-9(14)8-11(10)15/h4-5,8H,6-7H2,1-3H3. The lowest BCUT2D eigenvalue weighted by molar-refractivity contribution is 0.0966. The van der Waals surface area contributed by atoms with Gasteiger partial charge in [0, 0.05) is 17.0 Å². The van der Waals surface area contributed by atoms with Gasteiger partial charge in [0.15, 0.2) is 5.78 Å². The minimum absolute atomic E-state index is 0.0802. The number of hydrogen-bond acceptors (Lipinski definition) is 1. The molecule has 0 heterocycles. The first kappa shape index (κ1) is 13.5. The summed E-state index contributed by atoms with van der Waals surface area (Å²) in [6, 6.07) is 4.99. The van der Waals surface area contributed by atoms with Crippen LogP contribution in [0.25, 0.3) is 0 Å². The Kier molecular flexibility index (Phi) is 4.40. The number of benzene rings is 1. The summed E-state index contributed by atoms with van der Waals surface area (Å²) in [5.41, 5.74) is 0.726. The molecular weight excluding hydrogens is 243 g/mol. The molecule has 0 amide bonds. The molecule has 0 spiro atoms. The van der Waals surface area contributed by atoms with Gasteiger partial charge in [-0.05, 0) is 30.0 Å². The summed E-state index contributed by atoms with van der Waals surface area (Å²) in [5, 5.41) is 0.990. The van der Waals surface area contributed by atoms with E-state index in [2.05, 4.69) is 20.8 Å². The molecule has 0 saturated carbocycles. The zero-order chi connectivity index (χ0) is 12.3. The van der Waals surface area contributed by atoms with E-state index >= 15 is 0 Å². The third kappa shape index (κ3) is 4.15. The highest BCUT2D eigenvalue weighted by Gasteiger charge is 2.15. The van der Waals surface area contributed by atoms with E-state index in [0.29, 0.717) is 22.0 Å². The molecule has 1 rings (SSSR count). The molecule has 16 heavy (non-hydrogen) atoms. The van der Waals surface area contributed by atoms with E-state index in [1.54, 1.807) is 18.2 Å². The van der Waals surface area contributed by atoms with E-state index in [4.69, 9.17) is 23.2 Å². The number of carbonyl (C=O) groups excluding carboxylic acids is 1. The fraction of sp³-hybridized carbons (Fsp3) is 0.462. The fourth-order valence-corrected chi connectivity index (χ4v) is 1.85. The van der Waals surface area contributed by atoms with Gasteiger partial charge in [-0.15, -0.1) is 0 Å². The van der Waals surface area contributed by atoms with Crippen LogP contribution in [-0.2, 0) is 0 Å². The molecule has 0 aliphatic carbocycles. The predicted octanol–water partition coefficient (Wildman–Crippen LogP) is 5.00. The Morgan fingerprint density at radius 1 is 1.25 bits per heavy atom. The maximum Gasteiger partial charge on any atom is 0.164 e. The van der Waals surface area contributed by atoms with Crippen molar-refractivity contribution in [2.75, 3.05) is 0 Å². The van der Waals surface area contributed by atoms with Gasteiger partial charge in [-0.3, -0.25) is 4.79 Å². The summed E-state index contributed by atoms with van der Waals surface area (Å²) in [6.45, 7) is 6.34. The molecule has 0 radical (unpaired) electrons. The van der Waals surface area contributed by atoms with E-state index in [0.717, 1.165) is 6.42 Å². The van der Waals surface area contributed by atoms with Crippen LogP contribution in [0, 0.1) is 5.41 Å². The maximum absolute atomic E-state index is 11.9. The number of halogens is 2. The minimum atomic E-state index is 0.0802. The summed E-state index contributed by atoms with van der Waals surface area (Å²) in [5.74, 6) is 0.0802. The highest BCUT2D eigenvalue weighted by atomic mass is 35.5. The second-order valence-electron chi connectivity index (χ2n) is 5.11. The molecule has 1 nitrogen and oxygen atoms in total. The van der Waals surface area contributed by atoms with Crippen molar-refractivity contribution in [2.24, 2.45) is 5.41 Å². The van der Waals surface area contributed by atoms with Crippen LogP contribution in [0.1, 0.15) is 44.0 Å². The van der Waals surface area contributed by atoms with Crippen molar-refractivity contribution < 1.29 is 4.79 Å². The molecule has 0 N–H and O–H groups in total. The zero-order valence-electron chi connectivity index (χ0n) is 9.81. The summed E-state index contributed by atoms with van der Waals surface area (Å²) in [4.78, 5) is 11.9. The lowest BCUT2D eigenvalue weighted by Gasteiger charge is -2.17. The Morgan fingerprint density at radius 2 is 1.88 bits per heavy atom. The van der Waals surface area contributed by atoms with Crippen LogP contribution in [0.4, 0.5) is 0 Å². The molecule has 1 aromatic carbocycles. The third-order valence-corrected chi connectivity index (χ3v) is 2.88. The van der Waals surface area contributed by atoms with Gasteiger partial charge in [0.05, 0.1) is 5.02 Å². The van der Waals surface area contributed by atoms with Gasteiger partial charge in [0.1, 0.15) is 0 Å². The molecule has 0 bridgehead atoms. The van der Waals surface area contributed by atoms with Gasteiger partial charge in [-0.2, -0.15) is 0 Å². The van der Waals surface area contributed by atoms with E-state index in [1.807, 2.05) is 0 Å². The van der Waals surface area contributed by atoms with Gasteiger partial charge >= 0.3 is 0 Å². The highest BCUT2D eigenvalue weighted by Crippen LogP contribution is 2.26. The van der Waals surface area contributed by atoms with Crippen LogP contribution < -0.4 is 0 Å². The molecule has 3 heteroatoms. The third-order valence-electron chi connectivity index (χ3n) is 2.33. The largest absolute Gasteiger partial charge is 0.294 e. The summed E-state index contributed by atoms with van der Waals surface area (Å²) < 4.78 is 0. The first-order valence-electron chi connectivity index (χ1n) is 5.28. The number of rotatable bonds is 3. The molecule has 0 aliphatic heterocycles.